The van der Waals surface area contributed by atoms with Crippen LogP contribution in [0, 0.1) is 11.8 Å². The Morgan fingerprint density at radius 2 is 2.08 bits per heavy atom. The van der Waals surface area contributed by atoms with E-state index in [-0.39, 0.29) is 18.4 Å². The number of carboxylic acid groups (broad SMARTS) is 1. The molecule has 1 aliphatic rings. The first kappa shape index (κ1) is 18.2. The number of pyridine rings is 1. The minimum absolute atomic E-state index is 0.134. The maximum Gasteiger partial charge on any atom is 0.308 e. The summed E-state index contributed by atoms with van der Waals surface area (Å²) in [5, 5.41) is 9.25. The smallest absolute Gasteiger partial charge is 0.308 e. The second kappa shape index (κ2) is 8.13. The molecule has 2 atom stereocenters. The van der Waals surface area contributed by atoms with E-state index in [4.69, 9.17) is 0 Å². The molecule has 6 nitrogen and oxygen atoms in total. The highest BCUT2D eigenvalue weighted by atomic mass is 16.4. The number of amides is 1. The number of nitrogens with zero attached hydrogens (tertiary/aromatic N) is 3. The van der Waals surface area contributed by atoms with Gasteiger partial charge >= 0.3 is 5.97 Å². The van der Waals surface area contributed by atoms with Crippen molar-refractivity contribution >= 4 is 17.7 Å². The summed E-state index contributed by atoms with van der Waals surface area (Å²) in [6.45, 7) is 8.87. The van der Waals surface area contributed by atoms with E-state index in [0.29, 0.717) is 18.5 Å². The Hall–Kier alpha value is -2.11. The molecule has 0 spiro atoms. The van der Waals surface area contributed by atoms with Crippen molar-refractivity contribution in [1.29, 1.82) is 0 Å². The molecular weight excluding hydrogens is 306 g/mol. The molecule has 1 N–H and O–H groups in total. The molecule has 1 fully saturated rings. The second-order valence-corrected chi connectivity index (χ2v) is 6.57. The van der Waals surface area contributed by atoms with E-state index in [1.54, 1.807) is 17.2 Å². The second-order valence-electron chi connectivity index (χ2n) is 6.57. The van der Waals surface area contributed by atoms with Gasteiger partial charge in [-0.25, -0.2) is 4.98 Å². The Morgan fingerprint density at radius 3 is 2.62 bits per heavy atom. The molecule has 0 radical (unpaired) electrons. The van der Waals surface area contributed by atoms with Crippen LogP contribution in [0.15, 0.2) is 18.3 Å². The Morgan fingerprint density at radius 1 is 1.33 bits per heavy atom. The lowest BCUT2D eigenvalue weighted by atomic mass is 9.90. The number of hydrogen-bond donors (Lipinski definition) is 1. The summed E-state index contributed by atoms with van der Waals surface area (Å²) in [6.07, 6.45) is 3.27. The van der Waals surface area contributed by atoms with E-state index in [2.05, 4.69) is 23.7 Å². The van der Waals surface area contributed by atoms with Crippen LogP contribution in [0.25, 0.3) is 0 Å². The highest BCUT2D eigenvalue weighted by molar-refractivity contribution is 5.94. The Kier molecular flexibility index (Phi) is 6.17. The molecule has 1 amide bonds. The molecular formula is C18H27N3O3. The molecule has 1 aliphatic heterocycles. The van der Waals surface area contributed by atoms with E-state index >= 15 is 0 Å². The number of carbonyl (C=O) groups excluding carboxylic acids is 1. The zero-order chi connectivity index (χ0) is 17.7. The van der Waals surface area contributed by atoms with Gasteiger partial charge in [0.1, 0.15) is 5.82 Å². The lowest BCUT2D eigenvalue weighted by Crippen LogP contribution is -2.45. The summed E-state index contributed by atoms with van der Waals surface area (Å²) in [4.78, 5) is 32.2. The molecule has 0 bridgehead atoms. The van der Waals surface area contributed by atoms with Gasteiger partial charge in [0, 0.05) is 32.4 Å². The molecule has 6 heteroatoms. The summed E-state index contributed by atoms with van der Waals surface area (Å²) in [5.74, 6) is -0.385. The summed E-state index contributed by atoms with van der Waals surface area (Å²) in [6, 6.07) is 3.66. The standard InChI is InChI=1S/C18H27N3O3/c1-4-8-20(5-2)16-7-6-14(10-19-16)17(22)21-11-13(3)9-15(12-21)18(23)24/h6-7,10,13,15H,4-5,8-9,11-12H2,1-3H3,(H,23,24). The number of aromatic nitrogens is 1. The van der Waals surface area contributed by atoms with Gasteiger partial charge in [0.05, 0.1) is 11.5 Å². The van der Waals surface area contributed by atoms with E-state index in [1.165, 1.54) is 0 Å². The number of rotatable bonds is 6. The normalized spacial score (nSPS) is 20.7. The summed E-state index contributed by atoms with van der Waals surface area (Å²) >= 11 is 0. The summed E-state index contributed by atoms with van der Waals surface area (Å²) < 4.78 is 0. The largest absolute Gasteiger partial charge is 0.481 e. The molecule has 0 saturated carbocycles. The minimum atomic E-state index is -0.828. The van der Waals surface area contributed by atoms with Crippen molar-refractivity contribution in [1.82, 2.24) is 9.88 Å². The number of hydrogen-bond acceptors (Lipinski definition) is 4. The Labute approximate surface area is 143 Å². The summed E-state index contributed by atoms with van der Waals surface area (Å²) in [5.41, 5.74) is 0.518. The van der Waals surface area contributed by atoms with Crippen molar-refractivity contribution in [3.05, 3.63) is 23.9 Å². The fourth-order valence-corrected chi connectivity index (χ4v) is 3.28. The Bertz CT molecular complexity index is 573. The third-order valence-corrected chi connectivity index (χ3v) is 4.49. The van der Waals surface area contributed by atoms with Crippen molar-refractivity contribution in [2.75, 3.05) is 31.1 Å². The number of carbonyl (C=O) groups is 2. The molecule has 132 valence electrons. The quantitative estimate of drug-likeness (QED) is 0.866. The molecule has 0 aromatic carbocycles. The topological polar surface area (TPSA) is 73.7 Å². The zero-order valence-corrected chi connectivity index (χ0v) is 14.7. The third kappa shape index (κ3) is 4.24. The van der Waals surface area contributed by atoms with E-state index in [9.17, 15) is 14.7 Å². The van der Waals surface area contributed by atoms with Gasteiger partial charge in [-0.15, -0.1) is 0 Å². The number of piperidine rings is 1. The van der Waals surface area contributed by atoms with Crippen molar-refractivity contribution in [3.8, 4) is 0 Å². The van der Waals surface area contributed by atoms with Crippen molar-refractivity contribution in [2.45, 2.75) is 33.6 Å². The maximum atomic E-state index is 12.7. The lowest BCUT2D eigenvalue weighted by Gasteiger charge is -2.34. The highest BCUT2D eigenvalue weighted by Crippen LogP contribution is 2.23. The van der Waals surface area contributed by atoms with Gasteiger partial charge in [0.25, 0.3) is 5.91 Å². The van der Waals surface area contributed by atoms with Crippen LogP contribution in [0.4, 0.5) is 5.82 Å². The van der Waals surface area contributed by atoms with Crippen LogP contribution in [-0.2, 0) is 4.79 Å². The van der Waals surface area contributed by atoms with Crippen LogP contribution in [0.5, 0.6) is 0 Å². The van der Waals surface area contributed by atoms with E-state index in [1.807, 2.05) is 13.0 Å². The van der Waals surface area contributed by atoms with Crippen LogP contribution in [0.2, 0.25) is 0 Å². The molecule has 2 heterocycles. The van der Waals surface area contributed by atoms with Crippen molar-refractivity contribution in [2.24, 2.45) is 11.8 Å². The first-order chi connectivity index (χ1) is 11.5. The predicted molar refractivity (Wildman–Crippen MR) is 93.2 cm³/mol. The van der Waals surface area contributed by atoms with Crippen LogP contribution >= 0.6 is 0 Å². The summed E-state index contributed by atoms with van der Waals surface area (Å²) in [7, 11) is 0. The average molecular weight is 333 g/mol. The number of anilines is 1. The molecule has 2 unspecified atom stereocenters. The number of likely N-dealkylation sites (tertiary alicyclic amines) is 1. The van der Waals surface area contributed by atoms with Crippen LogP contribution in [0.1, 0.15) is 44.0 Å². The number of carboxylic acids is 1. The minimum Gasteiger partial charge on any atom is -0.481 e. The average Bonchev–Trinajstić information content (AvgIpc) is 2.58. The van der Waals surface area contributed by atoms with Crippen molar-refractivity contribution < 1.29 is 14.7 Å². The maximum absolute atomic E-state index is 12.7. The third-order valence-electron chi connectivity index (χ3n) is 4.49. The molecule has 24 heavy (non-hydrogen) atoms. The monoisotopic (exact) mass is 333 g/mol. The van der Waals surface area contributed by atoms with Gasteiger partial charge in [0.15, 0.2) is 0 Å². The van der Waals surface area contributed by atoms with Crippen LogP contribution < -0.4 is 4.90 Å². The van der Waals surface area contributed by atoms with E-state index in [0.717, 1.165) is 25.3 Å². The predicted octanol–water partition coefficient (Wildman–Crippen LogP) is 2.50. The molecule has 1 aromatic rings. The molecule has 1 aromatic heterocycles. The SMILES string of the molecule is CCCN(CC)c1ccc(C(=O)N2CC(C)CC(C(=O)O)C2)cn1. The highest BCUT2D eigenvalue weighted by Gasteiger charge is 2.32. The first-order valence-electron chi connectivity index (χ1n) is 8.69. The fourth-order valence-electron chi connectivity index (χ4n) is 3.28. The molecule has 1 saturated heterocycles. The zero-order valence-electron chi connectivity index (χ0n) is 14.7. The van der Waals surface area contributed by atoms with Gasteiger partial charge in [0.2, 0.25) is 0 Å². The van der Waals surface area contributed by atoms with Crippen LogP contribution in [-0.4, -0.2) is 53.0 Å². The fraction of sp³-hybridized carbons (Fsp3) is 0.611. The Balaban J connectivity index is 2.10. The van der Waals surface area contributed by atoms with Gasteiger partial charge in [-0.05, 0) is 37.8 Å². The van der Waals surface area contributed by atoms with Crippen molar-refractivity contribution in [3.63, 3.8) is 0 Å². The van der Waals surface area contributed by atoms with Gasteiger partial charge < -0.3 is 14.9 Å². The van der Waals surface area contributed by atoms with Gasteiger partial charge in [-0.3, -0.25) is 9.59 Å². The van der Waals surface area contributed by atoms with Gasteiger partial charge in [-0.2, -0.15) is 0 Å². The van der Waals surface area contributed by atoms with Gasteiger partial charge in [-0.1, -0.05) is 13.8 Å². The number of aliphatic carboxylic acids is 1. The first-order valence-corrected chi connectivity index (χ1v) is 8.69. The van der Waals surface area contributed by atoms with Crippen LogP contribution in [0.3, 0.4) is 0 Å². The lowest BCUT2D eigenvalue weighted by molar-refractivity contribution is -0.143. The van der Waals surface area contributed by atoms with E-state index < -0.39 is 11.9 Å². The molecule has 2 rings (SSSR count). The molecule has 0 aliphatic carbocycles.